The van der Waals surface area contributed by atoms with Crippen LogP contribution < -0.4 is 9.47 Å². The molecule has 0 unspecified atom stereocenters. The molecule has 8 nitrogen and oxygen atoms in total. The molecule has 8 heteroatoms. The summed E-state index contributed by atoms with van der Waals surface area (Å²) in [5, 5.41) is 13.9. The maximum absolute atomic E-state index is 5.94. The van der Waals surface area contributed by atoms with Crippen LogP contribution in [0.25, 0.3) is 21.8 Å². The number of rotatable bonds is 13. The SMILES string of the molecule is CN(C)CCCOc1n[nH]c2ccccc12.CN(C)CCCOc1nn(CCc2ccccc2)c2ccccc12. The van der Waals surface area contributed by atoms with E-state index in [9.17, 15) is 0 Å². The summed E-state index contributed by atoms with van der Waals surface area (Å²) in [5.74, 6) is 1.45. The second-order valence-electron chi connectivity index (χ2n) is 10.4. The number of para-hydroxylation sites is 2. The molecular formula is C32H42N6O2. The van der Waals surface area contributed by atoms with Crippen molar-refractivity contribution in [3.05, 3.63) is 84.4 Å². The fraction of sp³-hybridized carbons (Fsp3) is 0.375. The largest absolute Gasteiger partial charge is 0.476 e. The van der Waals surface area contributed by atoms with Crippen molar-refractivity contribution in [1.82, 2.24) is 29.8 Å². The van der Waals surface area contributed by atoms with E-state index in [0.717, 1.165) is 66.6 Å². The Labute approximate surface area is 237 Å². The smallest absolute Gasteiger partial charge is 0.240 e. The van der Waals surface area contributed by atoms with Crippen molar-refractivity contribution in [2.24, 2.45) is 0 Å². The molecule has 0 aliphatic heterocycles. The minimum absolute atomic E-state index is 0.692. The van der Waals surface area contributed by atoms with E-state index < -0.39 is 0 Å². The van der Waals surface area contributed by atoms with Crippen LogP contribution in [-0.4, -0.2) is 84.3 Å². The van der Waals surface area contributed by atoms with Crippen LogP contribution in [0.15, 0.2) is 78.9 Å². The molecule has 3 aromatic carbocycles. The van der Waals surface area contributed by atoms with Gasteiger partial charge < -0.3 is 19.3 Å². The van der Waals surface area contributed by atoms with Gasteiger partial charge in [-0.3, -0.25) is 9.78 Å². The monoisotopic (exact) mass is 542 g/mol. The summed E-state index contributed by atoms with van der Waals surface area (Å²) in [7, 11) is 8.27. The number of nitrogens with one attached hydrogen (secondary N) is 1. The maximum atomic E-state index is 5.94. The van der Waals surface area contributed by atoms with Gasteiger partial charge in [0.05, 0.1) is 35.0 Å². The highest BCUT2D eigenvalue weighted by atomic mass is 16.5. The topological polar surface area (TPSA) is 71.4 Å². The molecule has 5 aromatic rings. The molecule has 0 fully saturated rings. The number of aromatic nitrogens is 4. The lowest BCUT2D eigenvalue weighted by molar-refractivity contribution is 0.272. The average molecular weight is 543 g/mol. The molecule has 1 N–H and O–H groups in total. The molecule has 0 aliphatic carbocycles. The van der Waals surface area contributed by atoms with Crippen molar-refractivity contribution in [1.29, 1.82) is 0 Å². The molecule has 5 rings (SSSR count). The zero-order valence-electron chi connectivity index (χ0n) is 24.2. The summed E-state index contributed by atoms with van der Waals surface area (Å²) in [6, 6.07) is 26.8. The molecule has 0 saturated heterocycles. The lowest BCUT2D eigenvalue weighted by Gasteiger charge is -2.09. The van der Waals surface area contributed by atoms with Gasteiger partial charge >= 0.3 is 0 Å². The van der Waals surface area contributed by atoms with Gasteiger partial charge in [-0.2, -0.15) is 0 Å². The molecule has 40 heavy (non-hydrogen) atoms. The number of hydrogen-bond acceptors (Lipinski definition) is 6. The van der Waals surface area contributed by atoms with E-state index in [1.807, 2.05) is 36.4 Å². The zero-order chi connectivity index (χ0) is 28.2. The summed E-state index contributed by atoms with van der Waals surface area (Å²) in [6.07, 6.45) is 2.97. The lowest BCUT2D eigenvalue weighted by atomic mass is 10.1. The van der Waals surface area contributed by atoms with E-state index in [-0.39, 0.29) is 0 Å². The van der Waals surface area contributed by atoms with Crippen LogP contribution in [-0.2, 0) is 13.0 Å². The number of fused-ring (bicyclic) bond motifs is 2. The molecule has 0 radical (unpaired) electrons. The first-order valence-electron chi connectivity index (χ1n) is 14.0. The molecule has 0 amide bonds. The van der Waals surface area contributed by atoms with Crippen LogP contribution in [0.4, 0.5) is 0 Å². The molecule has 0 atom stereocenters. The van der Waals surface area contributed by atoms with Gasteiger partial charge in [0, 0.05) is 19.6 Å². The van der Waals surface area contributed by atoms with E-state index in [4.69, 9.17) is 14.6 Å². The standard InChI is InChI=1S/C20H25N3O.C12H17N3O/c1-22(2)14-8-16-24-20-18-11-6-7-12-19(18)23(21-20)15-13-17-9-4-3-5-10-17;1-15(2)8-5-9-16-12-10-6-3-4-7-11(10)13-14-12/h3-7,9-12H,8,13-16H2,1-2H3;3-4,6-7H,5,8-9H2,1-2H3,(H,13,14). The van der Waals surface area contributed by atoms with Crippen molar-refractivity contribution < 1.29 is 9.47 Å². The Hall–Kier alpha value is -3.88. The Balaban J connectivity index is 0.000000201. The Morgan fingerprint density at radius 2 is 1.30 bits per heavy atom. The first kappa shape index (κ1) is 29.1. The lowest BCUT2D eigenvalue weighted by Crippen LogP contribution is -2.15. The second kappa shape index (κ2) is 15.1. The molecule has 0 saturated carbocycles. The fourth-order valence-electron chi connectivity index (χ4n) is 4.40. The Kier molecular flexibility index (Phi) is 11.0. The summed E-state index contributed by atoms with van der Waals surface area (Å²) in [6.45, 7) is 4.30. The normalized spacial score (nSPS) is 11.2. The average Bonchev–Trinajstić information content (AvgIpc) is 3.54. The fourth-order valence-corrected chi connectivity index (χ4v) is 4.40. The Bertz CT molecular complexity index is 1430. The molecule has 2 aromatic heterocycles. The van der Waals surface area contributed by atoms with Crippen LogP contribution in [0, 0.1) is 0 Å². The number of aryl methyl sites for hydroxylation is 2. The Morgan fingerprint density at radius 3 is 2.00 bits per heavy atom. The molecule has 0 aliphatic rings. The number of benzene rings is 3. The quantitative estimate of drug-likeness (QED) is 0.198. The van der Waals surface area contributed by atoms with Gasteiger partial charge in [-0.1, -0.05) is 54.6 Å². The van der Waals surface area contributed by atoms with E-state index in [2.05, 4.69) is 95.3 Å². The number of hydrogen-bond donors (Lipinski definition) is 1. The highest BCUT2D eigenvalue weighted by molar-refractivity contribution is 5.84. The number of nitrogens with zero attached hydrogens (tertiary/aromatic N) is 5. The van der Waals surface area contributed by atoms with Gasteiger partial charge in [0.25, 0.3) is 0 Å². The van der Waals surface area contributed by atoms with Crippen LogP contribution in [0.2, 0.25) is 0 Å². The number of ether oxygens (including phenoxy) is 2. The summed E-state index contributed by atoms with van der Waals surface area (Å²) in [5.41, 5.74) is 3.48. The summed E-state index contributed by atoms with van der Waals surface area (Å²) < 4.78 is 13.6. The molecular weight excluding hydrogens is 500 g/mol. The predicted molar refractivity (Wildman–Crippen MR) is 163 cm³/mol. The number of aromatic amines is 1. The van der Waals surface area contributed by atoms with Crippen LogP contribution in [0.5, 0.6) is 11.8 Å². The zero-order valence-corrected chi connectivity index (χ0v) is 24.2. The van der Waals surface area contributed by atoms with Gasteiger partial charge in [-0.15, -0.1) is 10.2 Å². The minimum atomic E-state index is 0.692. The minimum Gasteiger partial charge on any atom is -0.476 e. The third-order valence-corrected chi connectivity index (χ3v) is 6.49. The molecule has 212 valence electrons. The van der Waals surface area contributed by atoms with E-state index in [0.29, 0.717) is 19.1 Å². The Morgan fingerprint density at radius 1 is 0.700 bits per heavy atom. The number of H-pyrrole nitrogens is 1. The summed E-state index contributed by atoms with van der Waals surface area (Å²) >= 11 is 0. The molecule has 0 bridgehead atoms. The van der Waals surface area contributed by atoms with Crippen molar-refractivity contribution in [3.63, 3.8) is 0 Å². The first-order valence-corrected chi connectivity index (χ1v) is 14.0. The van der Waals surface area contributed by atoms with Crippen LogP contribution in [0.1, 0.15) is 18.4 Å². The van der Waals surface area contributed by atoms with Crippen molar-refractivity contribution in [2.75, 3.05) is 54.5 Å². The van der Waals surface area contributed by atoms with E-state index in [1.165, 1.54) is 5.56 Å². The first-order chi connectivity index (χ1) is 19.5. The van der Waals surface area contributed by atoms with E-state index >= 15 is 0 Å². The molecule has 2 heterocycles. The predicted octanol–water partition coefficient (Wildman–Crippen LogP) is 5.50. The van der Waals surface area contributed by atoms with Gasteiger partial charge in [0.15, 0.2) is 0 Å². The van der Waals surface area contributed by atoms with Crippen molar-refractivity contribution in [2.45, 2.75) is 25.8 Å². The van der Waals surface area contributed by atoms with Gasteiger partial charge in [0.1, 0.15) is 0 Å². The molecule has 0 spiro atoms. The highest BCUT2D eigenvalue weighted by Crippen LogP contribution is 2.25. The van der Waals surface area contributed by atoms with Crippen molar-refractivity contribution >= 4 is 21.8 Å². The van der Waals surface area contributed by atoms with Gasteiger partial charge in [0.2, 0.25) is 11.8 Å². The summed E-state index contributed by atoms with van der Waals surface area (Å²) in [4.78, 5) is 4.31. The van der Waals surface area contributed by atoms with E-state index in [1.54, 1.807) is 0 Å². The van der Waals surface area contributed by atoms with Crippen LogP contribution in [0.3, 0.4) is 0 Å². The second-order valence-corrected chi connectivity index (χ2v) is 10.4. The van der Waals surface area contributed by atoms with Crippen molar-refractivity contribution in [3.8, 4) is 11.8 Å². The third-order valence-electron chi connectivity index (χ3n) is 6.49. The highest BCUT2D eigenvalue weighted by Gasteiger charge is 2.11. The third kappa shape index (κ3) is 8.56. The van der Waals surface area contributed by atoms with Gasteiger partial charge in [-0.25, -0.2) is 0 Å². The van der Waals surface area contributed by atoms with Gasteiger partial charge in [-0.05, 0) is 77.3 Å². The maximum Gasteiger partial charge on any atom is 0.240 e. The van der Waals surface area contributed by atoms with Crippen LogP contribution >= 0.6 is 0 Å².